The van der Waals surface area contributed by atoms with Crippen LogP contribution in [0.1, 0.15) is 11.4 Å². The summed E-state index contributed by atoms with van der Waals surface area (Å²) in [5.41, 5.74) is 1.73. The molecular formula is C19H21N5O3S. The smallest absolute Gasteiger partial charge is 0.234 e. The van der Waals surface area contributed by atoms with Gasteiger partial charge in [-0.2, -0.15) is 0 Å². The predicted molar refractivity (Wildman–Crippen MR) is 108 cm³/mol. The first-order chi connectivity index (χ1) is 13.6. The Morgan fingerprint density at radius 1 is 1.04 bits per heavy atom. The van der Waals surface area contributed by atoms with Crippen molar-refractivity contribution < 1.29 is 14.3 Å². The largest absolute Gasteiger partial charge is 0.497 e. The normalized spacial score (nSPS) is 10.5. The third kappa shape index (κ3) is 4.95. The Kier molecular flexibility index (Phi) is 6.38. The number of carbonyl (C=O) groups is 1. The minimum absolute atomic E-state index is 0.158. The molecule has 1 aromatic heterocycles. The highest BCUT2D eigenvalue weighted by Crippen LogP contribution is 2.19. The average molecular weight is 399 g/mol. The fraction of sp³-hybridized carbons (Fsp3) is 0.211. The van der Waals surface area contributed by atoms with Gasteiger partial charge in [-0.1, -0.05) is 23.9 Å². The third-order valence-corrected chi connectivity index (χ3v) is 4.91. The molecule has 0 bridgehead atoms. The summed E-state index contributed by atoms with van der Waals surface area (Å²) in [6.07, 6.45) is 0.534. The second-order valence-electron chi connectivity index (χ2n) is 5.86. The molecule has 0 atom stereocenters. The molecule has 1 amide bonds. The van der Waals surface area contributed by atoms with Crippen LogP contribution in [0.5, 0.6) is 11.5 Å². The number of nitrogens with zero attached hydrogens (tertiary/aromatic N) is 3. The minimum atomic E-state index is -0.158. The minimum Gasteiger partial charge on any atom is -0.497 e. The Balaban J connectivity index is 1.55. The number of methoxy groups -OCH3 is 2. The highest BCUT2D eigenvalue weighted by Gasteiger charge is 2.13. The predicted octanol–water partition coefficient (Wildman–Crippen LogP) is 2.33. The summed E-state index contributed by atoms with van der Waals surface area (Å²) < 4.78 is 11.7. The molecule has 0 spiro atoms. The summed E-state index contributed by atoms with van der Waals surface area (Å²) in [6.45, 7) is 0. The van der Waals surface area contributed by atoms with Gasteiger partial charge in [0.1, 0.15) is 11.5 Å². The molecule has 0 saturated carbocycles. The molecule has 0 aliphatic carbocycles. The van der Waals surface area contributed by atoms with Crippen LogP contribution in [0.4, 0.5) is 5.69 Å². The lowest BCUT2D eigenvalue weighted by molar-refractivity contribution is -0.113. The van der Waals surface area contributed by atoms with Gasteiger partial charge in [0.2, 0.25) is 11.1 Å². The van der Waals surface area contributed by atoms with Gasteiger partial charge in [-0.15, -0.1) is 10.2 Å². The lowest BCUT2D eigenvalue weighted by atomic mass is 10.1. The van der Waals surface area contributed by atoms with Crippen LogP contribution in [0.15, 0.2) is 53.7 Å². The van der Waals surface area contributed by atoms with E-state index in [1.807, 2.05) is 24.3 Å². The number of anilines is 1. The van der Waals surface area contributed by atoms with Crippen molar-refractivity contribution in [2.24, 2.45) is 0 Å². The van der Waals surface area contributed by atoms with E-state index < -0.39 is 0 Å². The molecule has 28 heavy (non-hydrogen) atoms. The van der Waals surface area contributed by atoms with Crippen molar-refractivity contribution in [2.45, 2.75) is 11.6 Å². The number of ether oxygens (including phenoxy) is 2. The van der Waals surface area contributed by atoms with Crippen molar-refractivity contribution in [3.63, 3.8) is 0 Å². The molecule has 3 rings (SSSR count). The average Bonchev–Trinajstić information content (AvgIpc) is 3.07. The van der Waals surface area contributed by atoms with E-state index in [2.05, 4.69) is 15.5 Å². The van der Waals surface area contributed by atoms with Crippen LogP contribution in [-0.2, 0) is 11.2 Å². The molecule has 0 radical (unpaired) electrons. The summed E-state index contributed by atoms with van der Waals surface area (Å²) in [5.74, 6) is 8.22. The number of aromatic nitrogens is 3. The Hall–Kier alpha value is -3.20. The Labute approximate surface area is 167 Å². The topological polar surface area (TPSA) is 104 Å². The van der Waals surface area contributed by atoms with Crippen LogP contribution in [0.2, 0.25) is 0 Å². The van der Waals surface area contributed by atoms with Gasteiger partial charge in [-0.25, -0.2) is 4.68 Å². The Morgan fingerprint density at radius 3 is 2.25 bits per heavy atom. The lowest BCUT2D eigenvalue weighted by Gasteiger charge is -2.07. The third-order valence-electron chi connectivity index (χ3n) is 3.96. The first-order valence-corrected chi connectivity index (χ1v) is 9.46. The Bertz CT molecular complexity index is 926. The maximum atomic E-state index is 12.1. The van der Waals surface area contributed by atoms with Gasteiger partial charge in [-0.05, 0) is 42.0 Å². The molecule has 3 N–H and O–H groups in total. The van der Waals surface area contributed by atoms with Crippen LogP contribution in [0, 0.1) is 0 Å². The highest BCUT2D eigenvalue weighted by atomic mass is 32.2. The molecule has 0 saturated heterocycles. The van der Waals surface area contributed by atoms with Crippen molar-refractivity contribution in [1.29, 1.82) is 0 Å². The second kappa shape index (κ2) is 9.14. The van der Waals surface area contributed by atoms with E-state index in [4.69, 9.17) is 15.3 Å². The fourth-order valence-electron chi connectivity index (χ4n) is 2.45. The molecule has 8 nitrogen and oxygen atoms in total. The maximum absolute atomic E-state index is 12.1. The van der Waals surface area contributed by atoms with Crippen molar-refractivity contribution in [3.05, 3.63) is 59.9 Å². The first-order valence-electron chi connectivity index (χ1n) is 8.48. The van der Waals surface area contributed by atoms with E-state index in [-0.39, 0.29) is 11.7 Å². The van der Waals surface area contributed by atoms with Gasteiger partial charge in [0, 0.05) is 12.1 Å². The van der Waals surface area contributed by atoms with Crippen LogP contribution in [0.25, 0.3) is 0 Å². The van der Waals surface area contributed by atoms with Gasteiger partial charge in [-0.3, -0.25) is 4.79 Å². The van der Waals surface area contributed by atoms with Crippen LogP contribution >= 0.6 is 11.8 Å². The number of nitrogens with two attached hydrogens (primary N) is 1. The molecule has 9 heteroatoms. The van der Waals surface area contributed by atoms with E-state index >= 15 is 0 Å². The molecule has 1 heterocycles. The van der Waals surface area contributed by atoms with Gasteiger partial charge < -0.3 is 20.6 Å². The lowest BCUT2D eigenvalue weighted by Crippen LogP contribution is -2.17. The number of hydrogen-bond acceptors (Lipinski definition) is 7. The SMILES string of the molecule is COc1ccc(Cc2nnc(SCC(=O)Nc3ccc(OC)cc3)n2N)cc1. The molecule has 2 aromatic carbocycles. The highest BCUT2D eigenvalue weighted by molar-refractivity contribution is 7.99. The van der Waals surface area contributed by atoms with Crippen LogP contribution in [-0.4, -0.2) is 40.8 Å². The number of rotatable bonds is 8. The zero-order valence-electron chi connectivity index (χ0n) is 15.6. The Morgan fingerprint density at radius 2 is 1.64 bits per heavy atom. The van der Waals surface area contributed by atoms with Crippen molar-refractivity contribution >= 4 is 23.4 Å². The summed E-state index contributed by atoms with van der Waals surface area (Å²) in [7, 11) is 3.22. The van der Waals surface area contributed by atoms with Crippen LogP contribution < -0.4 is 20.6 Å². The second-order valence-corrected chi connectivity index (χ2v) is 6.80. The van der Waals surface area contributed by atoms with Gasteiger partial charge in [0.25, 0.3) is 0 Å². The molecule has 0 aliphatic heterocycles. The van der Waals surface area contributed by atoms with Crippen molar-refractivity contribution in [2.75, 3.05) is 31.1 Å². The van der Waals surface area contributed by atoms with Crippen molar-refractivity contribution in [1.82, 2.24) is 14.9 Å². The van der Waals surface area contributed by atoms with Crippen LogP contribution in [0.3, 0.4) is 0 Å². The van der Waals surface area contributed by atoms with Gasteiger partial charge in [0.05, 0.1) is 20.0 Å². The van der Waals surface area contributed by atoms with E-state index in [9.17, 15) is 4.79 Å². The molecular weight excluding hydrogens is 378 g/mol. The number of nitrogens with one attached hydrogen (secondary N) is 1. The van der Waals surface area contributed by atoms with Gasteiger partial charge >= 0.3 is 0 Å². The van der Waals surface area contributed by atoms with Crippen molar-refractivity contribution in [3.8, 4) is 11.5 Å². The molecule has 146 valence electrons. The number of nitrogen functional groups attached to an aromatic ring is 1. The standard InChI is InChI=1S/C19H21N5O3S/c1-26-15-7-3-13(4-8-15)11-17-22-23-19(24(17)20)28-12-18(25)21-14-5-9-16(27-2)10-6-14/h3-10H,11-12,20H2,1-2H3,(H,21,25). The summed E-state index contributed by atoms with van der Waals surface area (Å²) in [6, 6.07) is 14.8. The number of hydrogen-bond donors (Lipinski definition) is 2. The molecule has 0 unspecified atom stereocenters. The zero-order chi connectivity index (χ0) is 19.9. The molecule has 0 fully saturated rings. The van der Waals surface area contributed by atoms with E-state index in [0.29, 0.717) is 23.1 Å². The monoisotopic (exact) mass is 399 g/mol. The summed E-state index contributed by atoms with van der Waals surface area (Å²) in [5, 5.41) is 11.5. The number of thioether (sulfide) groups is 1. The summed E-state index contributed by atoms with van der Waals surface area (Å²) in [4.78, 5) is 12.1. The number of carbonyl (C=O) groups excluding carboxylic acids is 1. The maximum Gasteiger partial charge on any atom is 0.234 e. The molecule has 0 aliphatic rings. The zero-order valence-corrected chi connectivity index (χ0v) is 16.4. The fourth-order valence-corrected chi connectivity index (χ4v) is 3.13. The van der Waals surface area contributed by atoms with Gasteiger partial charge in [0.15, 0.2) is 5.82 Å². The van der Waals surface area contributed by atoms with E-state index in [1.54, 1.807) is 38.5 Å². The number of benzene rings is 2. The molecule has 3 aromatic rings. The summed E-state index contributed by atoms with van der Waals surface area (Å²) >= 11 is 1.23. The number of amides is 1. The quantitative estimate of drug-likeness (QED) is 0.442. The van der Waals surface area contributed by atoms with E-state index in [1.165, 1.54) is 16.4 Å². The van der Waals surface area contributed by atoms with E-state index in [0.717, 1.165) is 17.1 Å². The first kappa shape index (κ1) is 19.6.